The van der Waals surface area contributed by atoms with E-state index in [2.05, 4.69) is 15.5 Å². The highest BCUT2D eigenvalue weighted by Crippen LogP contribution is 2.25. The van der Waals surface area contributed by atoms with Gasteiger partial charge < -0.3 is 14.8 Å². The highest BCUT2D eigenvalue weighted by molar-refractivity contribution is 5.94. The molecule has 0 aliphatic heterocycles. The van der Waals surface area contributed by atoms with Crippen molar-refractivity contribution in [3.8, 4) is 11.5 Å². The molecule has 3 rings (SSSR count). The van der Waals surface area contributed by atoms with Crippen LogP contribution in [0.5, 0.6) is 11.5 Å². The van der Waals surface area contributed by atoms with E-state index in [0.717, 1.165) is 48.3 Å². The van der Waals surface area contributed by atoms with Crippen LogP contribution < -0.4 is 14.8 Å². The zero-order valence-electron chi connectivity index (χ0n) is 13.4. The number of benzene rings is 1. The third-order valence-electron chi connectivity index (χ3n) is 4.21. The maximum atomic E-state index is 12.4. The number of aromatic amines is 1. The van der Waals surface area contributed by atoms with Crippen LogP contribution in [-0.2, 0) is 19.4 Å². The molecule has 6 nitrogen and oxygen atoms in total. The molecule has 0 bridgehead atoms. The molecular weight excluding hydrogens is 294 g/mol. The predicted molar refractivity (Wildman–Crippen MR) is 85.9 cm³/mol. The summed E-state index contributed by atoms with van der Waals surface area (Å²) >= 11 is 0. The number of nitrogens with one attached hydrogen (secondary N) is 2. The largest absolute Gasteiger partial charge is 0.497 e. The molecule has 0 atom stereocenters. The van der Waals surface area contributed by atoms with Crippen molar-refractivity contribution in [1.29, 1.82) is 0 Å². The van der Waals surface area contributed by atoms with Crippen molar-refractivity contribution >= 4 is 5.91 Å². The van der Waals surface area contributed by atoms with Crippen LogP contribution in [0.25, 0.3) is 0 Å². The lowest BCUT2D eigenvalue weighted by molar-refractivity contribution is 0.0944. The van der Waals surface area contributed by atoms with Crippen LogP contribution in [0.15, 0.2) is 18.2 Å². The first-order valence-corrected chi connectivity index (χ1v) is 7.78. The van der Waals surface area contributed by atoms with Gasteiger partial charge in [-0.3, -0.25) is 9.89 Å². The monoisotopic (exact) mass is 315 g/mol. The second kappa shape index (κ2) is 6.73. The van der Waals surface area contributed by atoms with Crippen molar-refractivity contribution in [2.45, 2.75) is 32.2 Å². The van der Waals surface area contributed by atoms with E-state index in [1.54, 1.807) is 20.3 Å². The predicted octanol–water partition coefficient (Wildman–Crippen LogP) is 2.24. The first-order chi connectivity index (χ1) is 11.2. The van der Waals surface area contributed by atoms with Crippen LogP contribution in [-0.4, -0.2) is 30.3 Å². The van der Waals surface area contributed by atoms with E-state index in [1.165, 1.54) is 0 Å². The summed E-state index contributed by atoms with van der Waals surface area (Å²) in [6, 6.07) is 5.54. The molecule has 1 aromatic carbocycles. The number of aryl methyl sites for hydroxylation is 1. The summed E-state index contributed by atoms with van der Waals surface area (Å²) in [5.41, 5.74) is 3.58. The zero-order valence-corrected chi connectivity index (χ0v) is 13.4. The summed E-state index contributed by atoms with van der Waals surface area (Å²) in [7, 11) is 3.21. The van der Waals surface area contributed by atoms with E-state index in [0.29, 0.717) is 18.0 Å². The van der Waals surface area contributed by atoms with Gasteiger partial charge in [-0.25, -0.2) is 0 Å². The van der Waals surface area contributed by atoms with Crippen molar-refractivity contribution in [3.05, 3.63) is 40.7 Å². The van der Waals surface area contributed by atoms with E-state index in [4.69, 9.17) is 9.47 Å². The van der Waals surface area contributed by atoms with Gasteiger partial charge in [0, 0.05) is 29.4 Å². The van der Waals surface area contributed by atoms with Crippen molar-refractivity contribution < 1.29 is 14.3 Å². The summed E-state index contributed by atoms with van der Waals surface area (Å²) in [4.78, 5) is 12.4. The van der Waals surface area contributed by atoms with Crippen LogP contribution in [0.2, 0.25) is 0 Å². The number of H-pyrrole nitrogens is 1. The summed E-state index contributed by atoms with van der Waals surface area (Å²) in [5.74, 6) is 1.26. The van der Waals surface area contributed by atoms with Crippen molar-refractivity contribution in [2.24, 2.45) is 0 Å². The minimum absolute atomic E-state index is 0.151. The standard InChI is InChI=1S/C17H21N3O3/c1-22-12-8-7-11(15(9-12)23-2)10-18-17(21)16-13-5-3-4-6-14(13)19-20-16/h7-9H,3-6,10H2,1-2H3,(H,18,21)(H,19,20). The minimum Gasteiger partial charge on any atom is -0.497 e. The molecule has 1 heterocycles. The van der Waals surface area contributed by atoms with Crippen molar-refractivity contribution in [3.63, 3.8) is 0 Å². The van der Waals surface area contributed by atoms with Gasteiger partial charge in [-0.05, 0) is 37.8 Å². The fourth-order valence-electron chi connectivity index (χ4n) is 2.93. The summed E-state index contributed by atoms with van der Waals surface area (Å²) < 4.78 is 10.5. The number of amides is 1. The number of aromatic nitrogens is 2. The summed E-state index contributed by atoms with van der Waals surface area (Å²) in [6.07, 6.45) is 4.15. The third-order valence-corrected chi connectivity index (χ3v) is 4.21. The Balaban J connectivity index is 1.71. The molecule has 0 spiro atoms. The van der Waals surface area contributed by atoms with E-state index >= 15 is 0 Å². The molecule has 0 radical (unpaired) electrons. The number of carbonyl (C=O) groups is 1. The lowest BCUT2D eigenvalue weighted by Crippen LogP contribution is -2.25. The van der Waals surface area contributed by atoms with Crippen LogP contribution in [0.4, 0.5) is 0 Å². The van der Waals surface area contributed by atoms with Crippen LogP contribution >= 0.6 is 0 Å². The highest BCUT2D eigenvalue weighted by atomic mass is 16.5. The number of carbonyl (C=O) groups excluding carboxylic acids is 1. The Morgan fingerprint density at radius 1 is 1.26 bits per heavy atom. The Hall–Kier alpha value is -2.50. The normalized spacial score (nSPS) is 13.3. The van der Waals surface area contributed by atoms with Gasteiger partial charge in [-0.2, -0.15) is 5.10 Å². The Morgan fingerprint density at radius 3 is 2.87 bits per heavy atom. The molecule has 122 valence electrons. The Bertz CT molecular complexity index is 709. The van der Waals surface area contributed by atoms with E-state index in [-0.39, 0.29) is 5.91 Å². The molecule has 1 aromatic heterocycles. The van der Waals surface area contributed by atoms with E-state index in [9.17, 15) is 4.79 Å². The highest BCUT2D eigenvalue weighted by Gasteiger charge is 2.21. The first-order valence-electron chi connectivity index (χ1n) is 7.78. The zero-order chi connectivity index (χ0) is 16.2. The lowest BCUT2D eigenvalue weighted by atomic mass is 9.96. The van der Waals surface area contributed by atoms with E-state index in [1.807, 2.05) is 12.1 Å². The maximum absolute atomic E-state index is 12.4. The quantitative estimate of drug-likeness (QED) is 0.887. The van der Waals surface area contributed by atoms with Crippen LogP contribution in [0.1, 0.15) is 40.2 Å². The molecule has 6 heteroatoms. The molecule has 0 saturated heterocycles. The fourth-order valence-corrected chi connectivity index (χ4v) is 2.93. The van der Waals surface area contributed by atoms with Gasteiger partial charge in [-0.1, -0.05) is 0 Å². The Kier molecular flexibility index (Phi) is 4.50. The molecule has 0 unspecified atom stereocenters. The van der Waals surface area contributed by atoms with Crippen molar-refractivity contribution in [2.75, 3.05) is 14.2 Å². The van der Waals surface area contributed by atoms with Gasteiger partial charge in [0.25, 0.3) is 5.91 Å². The molecular formula is C17H21N3O3. The number of rotatable bonds is 5. The Morgan fingerprint density at radius 2 is 2.09 bits per heavy atom. The number of ether oxygens (including phenoxy) is 2. The number of nitrogens with zero attached hydrogens (tertiary/aromatic N) is 1. The molecule has 1 amide bonds. The minimum atomic E-state index is -0.151. The average Bonchev–Trinajstić information content (AvgIpc) is 3.03. The molecule has 1 aliphatic rings. The van der Waals surface area contributed by atoms with Gasteiger partial charge in [-0.15, -0.1) is 0 Å². The van der Waals surface area contributed by atoms with Gasteiger partial charge in [0.2, 0.25) is 0 Å². The Labute approximate surface area is 135 Å². The van der Waals surface area contributed by atoms with E-state index < -0.39 is 0 Å². The molecule has 2 aromatic rings. The molecule has 1 aliphatic carbocycles. The second-order valence-electron chi connectivity index (χ2n) is 5.60. The molecule has 0 saturated carbocycles. The topological polar surface area (TPSA) is 76.2 Å². The summed E-state index contributed by atoms with van der Waals surface area (Å²) in [5, 5.41) is 10.1. The average molecular weight is 315 g/mol. The fraction of sp³-hybridized carbons (Fsp3) is 0.412. The van der Waals surface area contributed by atoms with Gasteiger partial charge >= 0.3 is 0 Å². The number of fused-ring (bicyclic) bond motifs is 1. The molecule has 0 fully saturated rings. The number of methoxy groups -OCH3 is 2. The lowest BCUT2D eigenvalue weighted by Gasteiger charge is -2.12. The molecule has 23 heavy (non-hydrogen) atoms. The number of hydrogen-bond donors (Lipinski definition) is 2. The van der Waals surface area contributed by atoms with Gasteiger partial charge in [0.1, 0.15) is 11.5 Å². The van der Waals surface area contributed by atoms with Gasteiger partial charge in [0.15, 0.2) is 5.69 Å². The second-order valence-corrected chi connectivity index (χ2v) is 5.60. The SMILES string of the molecule is COc1ccc(CNC(=O)c2n[nH]c3c2CCCC3)c(OC)c1. The third kappa shape index (κ3) is 3.16. The van der Waals surface area contributed by atoms with Crippen LogP contribution in [0.3, 0.4) is 0 Å². The van der Waals surface area contributed by atoms with Crippen molar-refractivity contribution in [1.82, 2.24) is 15.5 Å². The summed E-state index contributed by atoms with van der Waals surface area (Å²) in [6.45, 7) is 0.383. The molecule has 2 N–H and O–H groups in total. The first kappa shape index (κ1) is 15.4. The van der Waals surface area contributed by atoms with Gasteiger partial charge in [0.05, 0.1) is 14.2 Å². The van der Waals surface area contributed by atoms with Crippen LogP contribution in [0, 0.1) is 0 Å². The number of hydrogen-bond acceptors (Lipinski definition) is 4. The maximum Gasteiger partial charge on any atom is 0.272 e. The smallest absolute Gasteiger partial charge is 0.272 e.